The topological polar surface area (TPSA) is 94.9 Å². The molecule has 0 aromatic rings. The number of carboxylic acid groups (broad SMARTS) is 2. The molecule has 0 unspecified atom stereocenters. The Hall–Kier alpha value is -1.85. The number of unbranched alkanes of at least 4 members (excludes halogenated alkanes) is 11. The van der Waals surface area contributed by atoms with Crippen LogP contribution in [0.5, 0.6) is 0 Å². The normalized spacial score (nSPS) is 11.0. The van der Waals surface area contributed by atoms with Gasteiger partial charge in [-0.15, -0.1) is 0 Å². The maximum Gasteiger partial charge on any atom is 0.323 e. The number of carbonyl (C=O) groups is 3. The van der Waals surface area contributed by atoms with E-state index < -0.39 is 30.9 Å². The molecule has 162 valence electrons. The van der Waals surface area contributed by atoms with Gasteiger partial charge in [-0.1, -0.05) is 70.4 Å². The van der Waals surface area contributed by atoms with Gasteiger partial charge in [0, 0.05) is 6.42 Å². The smallest absolute Gasteiger partial charge is 0.323 e. The summed E-state index contributed by atoms with van der Waals surface area (Å²) in [5.74, 6) is -2.79. The lowest BCUT2D eigenvalue weighted by Gasteiger charge is -2.18. The first-order valence-electron chi connectivity index (χ1n) is 10.8. The lowest BCUT2D eigenvalue weighted by atomic mass is 10.1. The summed E-state index contributed by atoms with van der Waals surface area (Å²) in [5.41, 5.74) is 0. The minimum atomic E-state index is -1.20. The molecule has 0 spiro atoms. The van der Waals surface area contributed by atoms with Gasteiger partial charge in [-0.05, 0) is 32.1 Å². The van der Waals surface area contributed by atoms with Gasteiger partial charge < -0.3 is 15.1 Å². The molecule has 0 radical (unpaired) electrons. The molecule has 6 heteroatoms. The molecule has 6 nitrogen and oxygen atoms in total. The maximum atomic E-state index is 11.9. The summed E-state index contributed by atoms with van der Waals surface area (Å²) < 4.78 is 0. The Morgan fingerprint density at radius 3 is 1.57 bits per heavy atom. The van der Waals surface area contributed by atoms with Crippen molar-refractivity contribution >= 4 is 17.8 Å². The first-order chi connectivity index (χ1) is 13.5. The van der Waals surface area contributed by atoms with E-state index in [9.17, 15) is 14.4 Å². The van der Waals surface area contributed by atoms with Crippen molar-refractivity contribution in [2.75, 3.05) is 13.1 Å². The highest BCUT2D eigenvalue weighted by atomic mass is 16.4. The molecule has 0 aliphatic carbocycles. The fourth-order valence-corrected chi connectivity index (χ4v) is 3.06. The van der Waals surface area contributed by atoms with E-state index in [4.69, 9.17) is 10.2 Å². The number of hydrogen-bond acceptors (Lipinski definition) is 3. The molecule has 0 bridgehead atoms. The highest BCUT2D eigenvalue weighted by Crippen LogP contribution is 2.10. The van der Waals surface area contributed by atoms with Crippen molar-refractivity contribution in [3.8, 4) is 0 Å². The molecule has 1 amide bonds. The first-order valence-corrected chi connectivity index (χ1v) is 10.8. The van der Waals surface area contributed by atoms with Crippen molar-refractivity contribution in [1.29, 1.82) is 0 Å². The van der Waals surface area contributed by atoms with Gasteiger partial charge in [0.1, 0.15) is 13.1 Å². The largest absolute Gasteiger partial charge is 0.480 e. The number of amides is 1. The monoisotopic (exact) mass is 397 g/mol. The highest BCUT2D eigenvalue weighted by Gasteiger charge is 2.18. The summed E-state index contributed by atoms with van der Waals surface area (Å²) in [7, 11) is 0. The summed E-state index contributed by atoms with van der Waals surface area (Å²) in [6, 6.07) is 0. The van der Waals surface area contributed by atoms with E-state index in [0.717, 1.165) is 37.0 Å². The Kier molecular flexibility index (Phi) is 17.3. The Bertz CT molecular complexity index is 446. The second kappa shape index (κ2) is 18.5. The van der Waals surface area contributed by atoms with Gasteiger partial charge in [-0.2, -0.15) is 0 Å². The van der Waals surface area contributed by atoms with Crippen LogP contribution in [0.25, 0.3) is 0 Å². The predicted octanol–water partition coefficient (Wildman–Crippen LogP) is 5.02. The van der Waals surface area contributed by atoms with E-state index in [0.29, 0.717) is 6.42 Å². The highest BCUT2D eigenvalue weighted by molar-refractivity contribution is 5.85. The Morgan fingerprint density at radius 2 is 1.11 bits per heavy atom. The van der Waals surface area contributed by atoms with Crippen LogP contribution in [0.3, 0.4) is 0 Å². The molecule has 28 heavy (non-hydrogen) atoms. The average Bonchev–Trinajstić information content (AvgIpc) is 2.63. The Balaban J connectivity index is 3.59. The summed E-state index contributed by atoms with van der Waals surface area (Å²) in [6.45, 7) is 1.12. The molecule has 0 rings (SSSR count). The predicted molar refractivity (Wildman–Crippen MR) is 111 cm³/mol. The van der Waals surface area contributed by atoms with E-state index in [-0.39, 0.29) is 6.42 Å². The quantitative estimate of drug-likeness (QED) is 0.236. The molecule has 0 saturated carbocycles. The van der Waals surface area contributed by atoms with Crippen molar-refractivity contribution in [3.05, 3.63) is 12.2 Å². The number of hydrogen-bond donors (Lipinski definition) is 2. The van der Waals surface area contributed by atoms with E-state index in [1.165, 1.54) is 44.9 Å². The lowest BCUT2D eigenvalue weighted by Crippen LogP contribution is -2.39. The summed E-state index contributed by atoms with van der Waals surface area (Å²) in [5, 5.41) is 17.5. The van der Waals surface area contributed by atoms with Crippen LogP contribution in [0.15, 0.2) is 12.2 Å². The molecule has 0 heterocycles. The van der Waals surface area contributed by atoms with Crippen LogP contribution in [-0.2, 0) is 14.4 Å². The first kappa shape index (κ1) is 26.1. The van der Waals surface area contributed by atoms with E-state index in [1.807, 2.05) is 0 Å². The second-order valence-corrected chi connectivity index (χ2v) is 7.37. The third-order valence-electron chi connectivity index (χ3n) is 4.66. The Morgan fingerprint density at radius 1 is 0.679 bits per heavy atom. The zero-order chi connectivity index (χ0) is 21.0. The third-order valence-corrected chi connectivity index (χ3v) is 4.66. The van der Waals surface area contributed by atoms with Crippen molar-refractivity contribution < 1.29 is 24.6 Å². The average molecular weight is 398 g/mol. The maximum absolute atomic E-state index is 11.9. The molecule has 0 aromatic carbocycles. The van der Waals surface area contributed by atoms with Crippen LogP contribution in [0.4, 0.5) is 0 Å². The summed E-state index contributed by atoms with van der Waals surface area (Å²) in [4.78, 5) is 34.3. The van der Waals surface area contributed by atoms with Crippen molar-refractivity contribution in [2.45, 2.75) is 96.8 Å². The zero-order valence-corrected chi connectivity index (χ0v) is 17.5. The lowest BCUT2D eigenvalue weighted by molar-refractivity contribution is -0.149. The zero-order valence-electron chi connectivity index (χ0n) is 17.5. The number of carboxylic acids is 2. The van der Waals surface area contributed by atoms with Crippen LogP contribution in [0, 0.1) is 0 Å². The van der Waals surface area contributed by atoms with Gasteiger partial charge in [0.2, 0.25) is 5.91 Å². The molecule has 2 N–H and O–H groups in total. The van der Waals surface area contributed by atoms with E-state index in [1.54, 1.807) is 0 Å². The second-order valence-electron chi connectivity index (χ2n) is 7.37. The number of carbonyl (C=O) groups excluding carboxylic acids is 1. The minimum absolute atomic E-state index is 0.207. The van der Waals surface area contributed by atoms with Gasteiger partial charge in [-0.25, -0.2) is 0 Å². The van der Waals surface area contributed by atoms with E-state index >= 15 is 0 Å². The molecular formula is C22H39NO5. The molecule has 0 aliphatic rings. The fourth-order valence-electron chi connectivity index (χ4n) is 3.06. The van der Waals surface area contributed by atoms with Gasteiger partial charge in [-0.3, -0.25) is 14.4 Å². The molecule has 0 aromatic heterocycles. The summed E-state index contributed by atoms with van der Waals surface area (Å²) >= 11 is 0. The number of aliphatic carboxylic acids is 2. The number of nitrogens with zero attached hydrogens (tertiary/aromatic N) is 1. The molecule has 0 saturated heterocycles. The van der Waals surface area contributed by atoms with Gasteiger partial charge in [0.15, 0.2) is 0 Å². The Labute approximate surface area is 170 Å². The third kappa shape index (κ3) is 17.6. The van der Waals surface area contributed by atoms with Crippen LogP contribution in [0.1, 0.15) is 96.8 Å². The van der Waals surface area contributed by atoms with E-state index in [2.05, 4.69) is 19.1 Å². The van der Waals surface area contributed by atoms with Gasteiger partial charge >= 0.3 is 11.9 Å². The minimum Gasteiger partial charge on any atom is -0.480 e. The SMILES string of the molecule is CCCCCCCCC=CCCCCCCCC(=O)N(CC(=O)O)CC(=O)O. The summed E-state index contributed by atoms with van der Waals surface area (Å²) in [6.07, 6.45) is 19.9. The molecule has 0 fully saturated rings. The van der Waals surface area contributed by atoms with Crippen LogP contribution >= 0.6 is 0 Å². The number of allylic oxidation sites excluding steroid dienone is 2. The molecule has 0 atom stereocenters. The standard InChI is InChI=1S/C22H39NO5/c1-2-3-4-5-6-7-8-9-10-11-12-13-14-15-16-17-20(24)23(18-21(25)26)19-22(27)28/h9-10H,2-8,11-19H2,1H3,(H,25,26)(H,27,28). The van der Waals surface area contributed by atoms with Crippen molar-refractivity contribution in [2.24, 2.45) is 0 Å². The molecular weight excluding hydrogens is 358 g/mol. The number of rotatable bonds is 19. The van der Waals surface area contributed by atoms with Crippen molar-refractivity contribution in [3.63, 3.8) is 0 Å². The van der Waals surface area contributed by atoms with Crippen LogP contribution in [-0.4, -0.2) is 46.0 Å². The van der Waals surface area contributed by atoms with Crippen molar-refractivity contribution in [1.82, 2.24) is 4.90 Å². The fraction of sp³-hybridized carbons (Fsp3) is 0.773. The molecule has 0 aliphatic heterocycles. The van der Waals surface area contributed by atoms with Crippen LogP contribution < -0.4 is 0 Å². The van der Waals surface area contributed by atoms with Crippen LogP contribution in [0.2, 0.25) is 0 Å². The van der Waals surface area contributed by atoms with Gasteiger partial charge in [0.25, 0.3) is 0 Å². The van der Waals surface area contributed by atoms with Gasteiger partial charge in [0.05, 0.1) is 0 Å².